The predicted octanol–water partition coefficient (Wildman–Crippen LogP) is 2.34. The third-order valence-corrected chi connectivity index (χ3v) is 4.79. The Labute approximate surface area is 109 Å². The number of hydrogen-bond acceptors (Lipinski definition) is 3. The second-order valence-electron chi connectivity index (χ2n) is 4.65. The molecule has 2 rings (SSSR count). The third-order valence-electron chi connectivity index (χ3n) is 3.22. The Bertz CT molecular complexity index is 476. The second-order valence-corrected chi connectivity index (χ2v) is 6.42. The normalized spacial score (nSPS) is 16.9. The molecule has 1 aromatic carbocycles. The minimum atomic E-state index is -3.33. The van der Waals surface area contributed by atoms with Crippen molar-refractivity contribution in [3.63, 3.8) is 0 Å². The predicted molar refractivity (Wildman–Crippen MR) is 73.2 cm³/mol. The van der Waals surface area contributed by atoms with Crippen molar-refractivity contribution in [1.82, 2.24) is 4.72 Å². The first-order valence-electron chi connectivity index (χ1n) is 6.48. The first-order valence-corrected chi connectivity index (χ1v) is 7.96. The molecule has 0 atom stereocenters. The van der Waals surface area contributed by atoms with Gasteiger partial charge in [-0.25, -0.2) is 13.1 Å². The van der Waals surface area contributed by atoms with Gasteiger partial charge in [0.1, 0.15) is 0 Å². The molecule has 2 N–H and O–H groups in total. The molecule has 1 aromatic rings. The second kappa shape index (κ2) is 5.71. The van der Waals surface area contributed by atoms with E-state index in [1.54, 1.807) is 19.1 Å². The molecule has 1 fully saturated rings. The average molecular weight is 268 g/mol. The lowest BCUT2D eigenvalue weighted by molar-refractivity contribution is 0.584. The molecule has 1 aliphatic carbocycles. The van der Waals surface area contributed by atoms with Crippen LogP contribution in [0.3, 0.4) is 0 Å². The van der Waals surface area contributed by atoms with Crippen molar-refractivity contribution in [3.8, 4) is 0 Å². The number of rotatable bonds is 5. The van der Waals surface area contributed by atoms with E-state index in [0.717, 1.165) is 5.69 Å². The van der Waals surface area contributed by atoms with E-state index in [2.05, 4.69) is 10.0 Å². The lowest BCUT2D eigenvalue weighted by Crippen LogP contribution is -2.23. The van der Waals surface area contributed by atoms with E-state index in [-0.39, 0.29) is 0 Å². The molecule has 0 amide bonds. The number of sulfonamides is 1. The van der Waals surface area contributed by atoms with E-state index in [9.17, 15) is 8.42 Å². The summed E-state index contributed by atoms with van der Waals surface area (Å²) in [5.41, 5.74) is 0.998. The molecule has 0 saturated heterocycles. The summed E-state index contributed by atoms with van der Waals surface area (Å²) in [6, 6.07) is 7.51. The van der Waals surface area contributed by atoms with Crippen LogP contribution >= 0.6 is 0 Å². The fourth-order valence-corrected chi connectivity index (χ4v) is 3.35. The van der Waals surface area contributed by atoms with Crippen LogP contribution in [-0.2, 0) is 10.0 Å². The Kier molecular flexibility index (Phi) is 4.24. The summed E-state index contributed by atoms with van der Waals surface area (Å²) in [7, 11) is -3.33. The van der Waals surface area contributed by atoms with Crippen LogP contribution < -0.4 is 10.0 Å². The largest absolute Gasteiger partial charge is 0.382 e. The first-order chi connectivity index (χ1) is 8.62. The van der Waals surface area contributed by atoms with Crippen LogP contribution in [0.4, 0.5) is 5.69 Å². The quantitative estimate of drug-likeness (QED) is 0.861. The van der Waals surface area contributed by atoms with Crippen molar-refractivity contribution >= 4 is 15.7 Å². The van der Waals surface area contributed by atoms with Gasteiger partial charge >= 0.3 is 0 Å². The summed E-state index contributed by atoms with van der Waals surface area (Å²) in [5, 5.41) is 3.44. The maximum Gasteiger partial charge on any atom is 0.240 e. The van der Waals surface area contributed by atoms with Crippen LogP contribution in [0.5, 0.6) is 0 Å². The maximum absolute atomic E-state index is 11.8. The summed E-state index contributed by atoms with van der Waals surface area (Å²) in [6.45, 7) is 2.18. The van der Waals surface area contributed by atoms with Gasteiger partial charge in [-0.3, -0.25) is 0 Å². The number of nitrogens with one attached hydrogen (secondary N) is 2. The zero-order valence-corrected chi connectivity index (χ0v) is 11.5. The smallest absolute Gasteiger partial charge is 0.240 e. The van der Waals surface area contributed by atoms with Crippen LogP contribution in [0.25, 0.3) is 0 Å². The minimum absolute atomic E-state index is 0.321. The Morgan fingerprint density at radius 2 is 1.78 bits per heavy atom. The van der Waals surface area contributed by atoms with Crippen molar-refractivity contribution in [2.24, 2.45) is 0 Å². The molecule has 0 spiro atoms. The van der Waals surface area contributed by atoms with Gasteiger partial charge in [-0.2, -0.15) is 0 Å². The van der Waals surface area contributed by atoms with E-state index in [1.165, 1.54) is 25.7 Å². The highest BCUT2D eigenvalue weighted by atomic mass is 32.2. The zero-order chi connectivity index (χ0) is 13.0. The van der Waals surface area contributed by atoms with Gasteiger partial charge in [-0.1, -0.05) is 19.8 Å². The van der Waals surface area contributed by atoms with Crippen molar-refractivity contribution < 1.29 is 8.42 Å². The molecule has 4 nitrogen and oxygen atoms in total. The Balaban J connectivity index is 2.05. The molecule has 0 heterocycles. The van der Waals surface area contributed by atoms with Crippen molar-refractivity contribution in [2.75, 3.05) is 11.9 Å². The highest BCUT2D eigenvalue weighted by Gasteiger charge is 2.15. The molecular weight excluding hydrogens is 248 g/mol. The Morgan fingerprint density at radius 3 is 2.33 bits per heavy atom. The SMILES string of the molecule is CCNS(=O)(=O)c1ccc(NC2CCCC2)cc1. The molecule has 0 unspecified atom stereocenters. The molecule has 0 radical (unpaired) electrons. The van der Waals surface area contributed by atoms with Gasteiger partial charge in [0.15, 0.2) is 0 Å². The summed E-state index contributed by atoms with van der Waals surface area (Å²) < 4.78 is 26.0. The zero-order valence-electron chi connectivity index (χ0n) is 10.6. The van der Waals surface area contributed by atoms with Gasteiger partial charge < -0.3 is 5.32 Å². The van der Waals surface area contributed by atoms with Crippen LogP contribution in [0, 0.1) is 0 Å². The molecule has 100 valence electrons. The average Bonchev–Trinajstić information content (AvgIpc) is 2.82. The Morgan fingerprint density at radius 1 is 1.17 bits per heavy atom. The van der Waals surface area contributed by atoms with Crippen molar-refractivity contribution in [3.05, 3.63) is 24.3 Å². The van der Waals surface area contributed by atoms with Gasteiger partial charge in [0.2, 0.25) is 10.0 Å². The van der Waals surface area contributed by atoms with Gasteiger partial charge in [0, 0.05) is 18.3 Å². The number of anilines is 1. The van der Waals surface area contributed by atoms with E-state index < -0.39 is 10.0 Å². The van der Waals surface area contributed by atoms with E-state index in [4.69, 9.17) is 0 Å². The molecule has 0 aromatic heterocycles. The highest BCUT2D eigenvalue weighted by molar-refractivity contribution is 7.89. The Hall–Kier alpha value is -1.07. The number of benzene rings is 1. The van der Waals surface area contributed by atoms with Crippen LogP contribution in [-0.4, -0.2) is 21.0 Å². The molecule has 1 saturated carbocycles. The van der Waals surface area contributed by atoms with Crippen molar-refractivity contribution in [2.45, 2.75) is 43.5 Å². The molecule has 1 aliphatic rings. The van der Waals surface area contributed by atoms with Crippen molar-refractivity contribution in [1.29, 1.82) is 0 Å². The molecule has 18 heavy (non-hydrogen) atoms. The molecule has 0 bridgehead atoms. The fraction of sp³-hybridized carbons (Fsp3) is 0.538. The minimum Gasteiger partial charge on any atom is -0.382 e. The van der Waals surface area contributed by atoms with E-state index in [0.29, 0.717) is 17.5 Å². The first kappa shape index (κ1) is 13.4. The van der Waals surface area contributed by atoms with Crippen LogP contribution in [0.15, 0.2) is 29.2 Å². The monoisotopic (exact) mass is 268 g/mol. The highest BCUT2D eigenvalue weighted by Crippen LogP contribution is 2.23. The van der Waals surface area contributed by atoms with E-state index >= 15 is 0 Å². The lowest BCUT2D eigenvalue weighted by Gasteiger charge is -2.13. The summed E-state index contributed by atoms with van der Waals surface area (Å²) in [5.74, 6) is 0. The van der Waals surface area contributed by atoms with Gasteiger partial charge in [-0.05, 0) is 37.1 Å². The molecule has 0 aliphatic heterocycles. The molecule has 5 heteroatoms. The van der Waals surface area contributed by atoms with Crippen LogP contribution in [0.2, 0.25) is 0 Å². The van der Waals surface area contributed by atoms with Gasteiger partial charge in [-0.15, -0.1) is 0 Å². The fourth-order valence-electron chi connectivity index (χ4n) is 2.31. The summed E-state index contributed by atoms with van der Waals surface area (Å²) >= 11 is 0. The van der Waals surface area contributed by atoms with Gasteiger partial charge in [0.25, 0.3) is 0 Å². The van der Waals surface area contributed by atoms with Gasteiger partial charge in [0.05, 0.1) is 4.90 Å². The summed E-state index contributed by atoms with van der Waals surface area (Å²) in [4.78, 5) is 0.321. The topological polar surface area (TPSA) is 58.2 Å². The summed E-state index contributed by atoms with van der Waals surface area (Å²) in [6.07, 6.45) is 4.98. The third kappa shape index (κ3) is 3.23. The molecular formula is C13H20N2O2S. The standard InChI is InChI=1S/C13H20N2O2S/c1-2-14-18(16,17)13-9-7-12(8-10-13)15-11-5-3-4-6-11/h7-11,14-15H,2-6H2,1H3. The van der Waals surface area contributed by atoms with Crippen LogP contribution in [0.1, 0.15) is 32.6 Å². The van der Waals surface area contributed by atoms with E-state index in [1.807, 2.05) is 12.1 Å². The number of hydrogen-bond donors (Lipinski definition) is 2. The maximum atomic E-state index is 11.8. The lowest BCUT2D eigenvalue weighted by atomic mass is 10.2.